The van der Waals surface area contributed by atoms with Gasteiger partial charge in [-0.1, -0.05) is 26.3 Å². The van der Waals surface area contributed by atoms with E-state index in [0.29, 0.717) is 42.4 Å². The summed E-state index contributed by atoms with van der Waals surface area (Å²) < 4.78 is 5.41. The molecular weight excluding hydrogens is 469 g/mol. The van der Waals surface area contributed by atoms with E-state index in [9.17, 15) is 19.2 Å². The van der Waals surface area contributed by atoms with Crippen LogP contribution in [0.25, 0.3) is 0 Å². The molecule has 0 aromatic heterocycles. The van der Waals surface area contributed by atoms with Crippen LogP contribution in [0.15, 0.2) is 12.1 Å². The monoisotopic (exact) mass is 496 g/mol. The molecule has 0 spiro atoms. The zero-order valence-electron chi connectivity index (χ0n) is 17.2. The first-order valence-electron chi connectivity index (χ1n) is 9.00. The van der Waals surface area contributed by atoms with Gasteiger partial charge in [-0.15, -0.1) is 11.6 Å². The molecule has 7 nitrogen and oxygen atoms in total. The number of carbonyl (C=O) groups is 4. The van der Waals surface area contributed by atoms with Crippen LogP contribution >= 0.6 is 11.8 Å². The number of aryl methyl sites for hydroxylation is 1. The summed E-state index contributed by atoms with van der Waals surface area (Å²) in [4.78, 5) is 46.8. The van der Waals surface area contributed by atoms with Gasteiger partial charge in [0.25, 0.3) is 0 Å². The van der Waals surface area contributed by atoms with Crippen molar-refractivity contribution in [3.05, 3.63) is 29.3 Å². The maximum atomic E-state index is 12.7. The van der Waals surface area contributed by atoms with Crippen molar-refractivity contribution in [1.29, 1.82) is 0 Å². The van der Waals surface area contributed by atoms with Gasteiger partial charge in [-0.2, -0.15) is 23.9 Å². The Labute approximate surface area is 201 Å². The molecule has 0 bridgehead atoms. The maximum Gasteiger partial charge on any atom is 0.331 e. The molecule has 2 N–H and O–H groups in total. The molecule has 1 rings (SSSR count). The van der Waals surface area contributed by atoms with Crippen LogP contribution in [0.4, 0.5) is 0 Å². The van der Waals surface area contributed by atoms with Gasteiger partial charge < -0.3 is 20.2 Å². The predicted molar refractivity (Wildman–Crippen MR) is 108 cm³/mol. The third-order valence-corrected chi connectivity index (χ3v) is 4.60. The molecular formula is C20H27N2O5SY-. The third-order valence-electron chi connectivity index (χ3n) is 3.95. The molecule has 1 aromatic rings. The number of hydrogen-bond donors (Lipinski definition) is 2. The van der Waals surface area contributed by atoms with E-state index >= 15 is 0 Å². The Morgan fingerprint density at radius 1 is 1.28 bits per heavy atom. The van der Waals surface area contributed by atoms with E-state index in [1.807, 2.05) is 20.1 Å². The Kier molecular flexibility index (Phi) is 14.1. The number of carbonyl (C=O) groups excluding carboxylic acids is 4. The van der Waals surface area contributed by atoms with Crippen LogP contribution in [0.5, 0.6) is 5.75 Å². The minimum absolute atomic E-state index is 0. The number of esters is 1. The molecule has 0 heterocycles. The SMILES string of the molecule is CSCCC(NC=O)C(=O)NC(CC(C)C)C(=O)Oc1[c-]cc(C=O)cc1C.[Y]. The van der Waals surface area contributed by atoms with E-state index in [4.69, 9.17) is 4.74 Å². The predicted octanol–water partition coefficient (Wildman–Crippen LogP) is 1.91. The van der Waals surface area contributed by atoms with Crippen molar-refractivity contribution in [3.63, 3.8) is 0 Å². The van der Waals surface area contributed by atoms with Gasteiger partial charge >= 0.3 is 5.97 Å². The van der Waals surface area contributed by atoms with Crippen molar-refractivity contribution < 1.29 is 56.6 Å². The van der Waals surface area contributed by atoms with Crippen molar-refractivity contribution in [2.45, 2.75) is 45.7 Å². The number of amides is 2. The van der Waals surface area contributed by atoms with Gasteiger partial charge in [0.15, 0.2) is 0 Å². The summed E-state index contributed by atoms with van der Waals surface area (Å²) in [6, 6.07) is 4.22. The zero-order chi connectivity index (χ0) is 21.1. The second-order valence-corrected chi connectivity index (χ2v) is 7.78. The molecule has 0 aliphatic heterocycles. The Balaban J connectivity index is 0.00000784. The summed E-state index contributed by atoms with van der Waals surface area (Å²) in [6.45, 7) is 5.56. The van der Waals surface area contributed by atoms with Crippen molar-refractivity contribution in [3.8, 4) is 5.75 Å². The molecule has 9 heteroatoms. The van der Waals surface area contributed by atoms with E-state index in [1.165, 1.54) is 6.07 Å². The van der Waals surface area contributed by atoms with Crippen molar-refractivity contribution in [1.82, 2.24) is 10.6 Å². The summed E-state index contributed by atoms with van der Waals surface area (Å²) >= 11 is 1.56. The summed E-state index contributed by atoms with van der Waals surface area (Å²) in [5.74, 6) is -0.0153. The van der Waals surface area contributed by atoms with Crippen LogP contribution in [0.2, 0.25) is 0 Å². The fourth-order valence-corrected chi connectivity index (χ4v) is 3.01. The standard InChI is InChI=1S/C20H27N2O5S.Y/c1-13(2)9-17(22-19(25)16(21-12-24)7-8-28-4)20(26)27-18-6-5-15(11-23)10-14(18)3;/h5,10-13,16-17H,7-9H2,1-4H3,(H,21,24)(H,22,25);/q-1;. The zero-order valence-corrected chi connectivity index (χ0v) is 20.8. The van der Waals surface area contributed by atoms with Gasteiger partial charge in [-0.3, -0.25) is 9.59 Å². The van der Waals surface area contributed by atoms with Crippen LogP contribution < -0.4 is 15.4 Å². The average molecular weight is 496 g/mol. The fraction of sp³-hybridized carbons (Fsp3) is 0.500. The Hall–Kier alpha value is -1.25. The summed E-state index contributed by atoms with van der Waals surface area (Å²) in [5.41, 5.74) is 1.02. The Bertz CT molecular complexity index is 699. The van der Waals surface area contributed by atoms with Crippen LogP contribution in [-0.4, -0.2) is 48.7 Å². The molecule has 2 unspecified atom stereocenters. The number of hydrogen-bond acceptors (Lipinski definition) is 6. The molecule has 0 saturated carbocycles. The van der Waals surface area contributed by atoms with E-state index in [0.717, 1.165) is 0 Å². The largest absolute Gasteiger partial charge is 0.452 e. The second kappa shape index (κ2) is 14.7. The van der Waals surface area contributed by atoms with Gasteiger partial charge in [-0.25, -0.2) is 4.79 Å². The molecule has 0 fully saturated rings. The van der Waals surface area contributed by atoms with E-state index < -0.39 is 24.0 Å². The average Bonchev–Trinajstić information content (AvgIpc) is 2.65. The van der Waals surface area contributed by atoms with Gasteiger partial charge in [0.2, 0.25) is 12.3 Å². The van der Waals surface area contributed by atoms with Crippen molar-refractivity contribution in [2.75, 3.05) is 12.0 Å². The number of rotatable bonds is 12. The normalized spacial score (nSPS) is 12.3. The minimum atomic E-state index is -0.865. The summed E-state index contributed by atoms with van der Waals surface area (Å²) in [7, 11) is 0. The van der Waals surface area contributed by atoms with Crippen LogP contribution in [0.1, 0.15) is 42.6 Å². The second-order valence-electron chi connectivity index (χ2n) is 6.79. The molecule has 0 aliphatic rings. The topological polar surface area (TPSA) is 102 Å². The smallest absolute Gasteiger partial charge is 0.331 e. The number of thioether (sulfide) groups is 1. The first kappa shape index (κ1) is 27.8. The molecule has 1 radical (unpaired) electrons. The van der Waals surface area contributed by atoms with Crippen LogP contribution in [0, 0.1) is 18.9 Å². The van der Waals surface area contributed by atoms with Crippen LogP contribution in [-0.2, 0) is 47.1 Å². The number of aldehydes is 1. The van der Waals surface area contributed by atoms with Gasteiger partial charge in [0.05, 0.1) is 6.29 Å². The van der Waals surface area contributed by atoms with E-state index in [1.54, 1.807) is 24.8 Å². The molecule has 0 saturated heterocycles. The first-order chi connectivity index (χ1) is 13.3. The molecule has 1 aromatic carbocycles. The van der Waals surface area contributed by atoms with Crippen molar-refractivity contribution >= 4 is 36.3 Å². The quantitative estimate of drug-likeness (QED) is 0.199. The third kappa shape index (κ3) is 9.87. The summed E-state index contributed by atoms with van der Waals surface area (Å²) in [5, 5.41) is 5.18. The first-order valence-corrected chi connectivity index (χ1v) is 10.4. The number of ether oxygens (including phenoxy) is 1. The Morgan fingerprint density at radius 2 is 1.97 bits per heavy atom. The van der Waals surface area contributed by atoms with E-state index in [-0.39, 0.29) is 44.4 Å². The summed E-state index contributed by atoms with van der Waals surface area (Å²) in [6.07, 6.45) is 3.91. The van der Waals surface area contributed by atoms with Gasteiger partial charge in [-0.05, 0) is 30.8 Å². The number of benzene rings is 1. The van der Waals surface area contributed by atoms with Gasteiger partial charge in [0.1, 0.15) is 12.1 Å². The minimum Gasteiger partial charge on any atom is -0.452 e. The van der Waals surface area contributed by atoms with Crippen molar-refractivity contribution in [2.24, 2.45) is 5.92 Å². The number of nitrogens with one attached hydrogen (secondary N) is 2. The van der Waals surface area contributed by atoms with Crippen LogP contribution in [0.3, 0.4) is 0 Å². The van der Waals surface area contributed by atoms with E-state index in [2.05, 4.69) is 16.7 Å². The molecule has 0 aliphatic carbocycles. The fourth-order valence-electron chi connectivity index (χ4n) is 2.54. The molecule has 157 valence electrons. The molecule has 2 atom stereocenters. The maximum absolute atomic E-state index is 12.7. The molecule has 2 amide bonds. The molecule has 29 heavy (non-hydrogen) atoms. The Morgan fingerprint density at radius 3 is 2.48 bits per heavy atom. The van der Waals surface area contributed by atoms with Gasteiger partial charge in [0, 0.05) is 38.5 Å².